The molecule has 0 saturated carbocycles. The van der Waals surface area contributed by atoms with Crippen LogP contribution in [0.1, 0.15) is 25.8 Å². The number of hydrogen-bond donors (Lipinski definition) is 3. The third kappa shape index (κ3) is 7.47. The van der Waals surface area contributed by atoms with Gasteiger partial charge >= 0.3 is 0 Å². The van der Waals surface area contributed by atoms with Crippen molar-refractivity contribution in [2.24, 2.45) is 0 Å². The molecule has 0 radical (unpaired) electrons. The van der Waals surface area contributed by atoms with E-state index in [-0.39, 0.29) is 24.5 Å². The van der Waals surface area contributed by atoms with E-state index >= 15 is 0 Å². The van der Waals surface area contributed by atoms with Crippen LogP contribution >= 0.6 is 0 Å². The standard InChI is InChI=1S/C26H29N3O3/c1-19(2)32-24-14-7-6-13-23(24)27-18-26(31)29-22-12-8-11-21(17-22)28-25(30)16-15-20-9-4-3-5-10-20/h3-14,17,19,27H,15-16,18H2,1-2H3,(H,28,30)(H,29,31). The first kappa shape index (κ1) is 22.9. The van der Waals surface area contributed by atoms with Crippen LogP contribution in [-0.2, 0) is 16.0 Å². The highest BCUT2D eigenvalue weighted by atomic mass is 16.5. The highest BCUT2D eigenvalue weighted by Gasteiger charge is 2.09. The maximum absolute atomic E-state index is 12.4. The van der Waals surface area contributed by atoms with Crippen molar-refractivity contribution in [3.8, 4) is 5.75 Å². The predicted octanol–water partition coefficient (Wildman–Crippen LogP) is 5.10. The first-order valence-electron chi connectivity index (χ1n) is 10.7. The third-order valence-corrected chi connectivity index (χ3v) is 4.60. The zero-order chi connectivity index (χ0) is 22.8. The molecule has 32 heavy (non-hydrogen) atoms. The van der Waals surface area contributed by atoms with Crippen LogP contribution in [0.4, 0.5) is 17.1 Å². The lowest BCUT2D eigenvalue weighted by Gasteiger charge is -2.15. The summed E-state index contributed by atoms with van der Waals surface area (Å²) in [7, 11) is 0. The van der Waals surface area contributed by atoms with Crippen LogP contribution in [0.5, 0.6) is 5.75 Å². The fraction of sp³-hybridized carbons (Fsp3) is 0.231. The zero-order valence-corrected chi connectivity index (χ0v) is 18.4. The topological polar surface area (TPSA) is 79.5 Å². The average Bonchev–Trinajstić information content (AvgIpc) is 2.78. The normalized spacial score (nSPS) is 10.5. The molecule has 3 N–H and O–H groups in total. The number of ether oxygens (including phenoxy) is 1. The van der Waals surface area contributed by atoms with Gasteiger partial charge < -0.3 is 20.7 Å². The Kier molecular flexibility index (Phi) is 8.26. The molecule has 6 heteroatoms. The molecule has 3 rings (SSSR count). The summed E-state index contributed by atoms with van der Waals surface area (Å²) in [6.45, 7) is 4.00. The van der Waals surface area contributed by atoms with Crippen LogP contribution in [0.3, 0.4) is 0 Å². The first-order valence-corrected chi connectivity index (χ1v) is 10.7. The molecule has 2 amide bonds. The Morgan fingerprint density at radius 1 is 0.812 bits per heavy atom. The maximum atomic E-state index is 12.4. The molecule has 0 atom stereocenters. The van der Waals surface area contributed by atoms with Gasteiger partial charge in [0, 0.05) is 17.8 Å². The summed E-state index contributed by atoms with van der Waals surface area (Å²) < 4.78 is 5.76. The number of hydrogen-bond acceptors (Lipinski definition) is 4. The second kappa shape index (κ2) is 11.6. The number of amides is 2. The number of nitrogens with one attached hydrogen (secondary N) is 3. The molecule has 0 aromatic heterocycles. The van der Waals surface area contributed by atoms with E-state index in [1.165, 1.54) is 0 Å². The summed E-state index contributed by atoms with van der Waals surface area (Å²) >= 11 is 0. The number of anilines is 3. The SMILES string of the molecule is CC(C)Oc1ccccc1NCC(=O)Nc1cccc(NC(=O)CCc2ccccc2)c1. The minimum Gasteiger partial charge on any atom is -0.489 e. The van der Waals surface area contributed by atoms with Crippen molar-refractivity contribution in [3.05, 3.63) is 84.4 Å². The van der Waals surface area contributed by atoms with Gasteiger partial charge in [-0.2, -0.15) is 0 Å². The Morgan fingerprint density at radius 3 is 2.19 bits per heavy atom. The van der Waals surface area contributed by atoms with E-state index < -0.39 is 0 Å². The summed E-state index contributed by atoms with van der Waals surface area (Å²) in [5, 5.41) is 8.85. The van der Waals surface area contributed by atoms with Gasteiger partial charge in [-0.15, -0.1) is 0 Å². The summed E-state index contributed by atoms with van der Waals surface area (Å²) in [5.74, 6) is 0.438. The highest BCUT2D eigenvalue weighted by Crippen LogP contribution is 2.24. The van der Waals surface area contributed by atoms with E-state index in [9.17, 15) is 9.59 Å². The van der Waals surface area contributed by atoms with E-state index in [1.54, 1.807) is 24.3 Å². The van der Waals surface area contributed by atoms with Gasteiger partial charge in [0.1, 0.15) is 5.75 Å². The van der Waals surface area contributed by atoms with Crippen molar-refractivity contribution >= 4 is 28.9 Å². The number of para-hydroxylation sites is 2. The Labute approximate surface area is 189 Å². The zero-order valence-electron chi connectivity index (χ0n) is 18.4. The van der Waals surface area contributed by atoms with E-state index in [0.717, 1.165) is 11.3 Å². The number of aryl methyl sites for hydroxylation is 1. The molecule has 166 valence electrons. The molecule has 0 spiro atoms. The average molecular weight is 432 g/mol. The van der Waals surface area contributed by atoms with Gasteiger partial charge in [-0.25, -0.2) is 0 Å². The van der Waals surface area contributed by atoms with Crippen molar-refractivity contribution in [1.29, 1.82) is 0 Å². The minimum atomic E-state index is -0.197. The van der Waals surface area contributed by atoms with Crippen LogP contribution < -0.4 is 20.7 Å². The second-order valence-corrected chi connectivity index (χ2v) is 7.68. The monoisotopic (exact) mass is 431 g/mol. The van der Waals surface area contributed by atoms with E-state index in [1.807, 2.05) is 68.4 Å². The predicted molar refractivity (Wildman–Crippen MR) is 129 cm³/mol. The molecule has 0 bridgehead atoms. The molecule has 0 unspecified atom stereocenters. The molecule has 0 aliphatic rings. The van der Waals surface area contributed by atoms with Gasteiger partial charge in [0.25, 0.3) is 0 Å². The maximum Gasteiger partial charge on any atom is 0.243 e. The van der Waals surface area contributed by atoms with Crippen molar-refractivity contribution in [1.82, 2.24) is 0 Å². The fourth-order valence-corrected chi connectivity index (χ4v) is 3.15. The smallest absolute Gasteiger partial charge is 0.243 e. The molecule has 0 aliphatic carbocycles. The molecule has 0 heterocycles. The van der Waals surface area contributed by atoms with Crippen molar-refractivity contribution in [2.45, 2.75) is 32.8 Å². The summed E-state index contributed by atoms with van der Waals surface area (Å²) in [6.07, 6.45) is 1.11. The third-order valence-electron chi connectivity index (χ3n) is 4.60. The number of carbonyl (C=O) groups excluding carboxylic acids is 2. The molecular formula is C26H29N3O3. The highest BCUT2D eigenvalue weighted by molar-refractivity contribution is 5.96. The molecule has 0 aliphatic heterocycles. The fourth-order valence-electron chi connectivity index (χ4n) is 3.15. The number of carbonyl (C=O) groups is 2. The van der Waals surface area contributed by atoms with Gasteiger partial charge in [0.2, 0.25) is 11.8 Å². The van der Waals surface area contributed by atoms with Crippen molar-refractivity contribution < 1.29 is 14.3 Å². The van der Waals surface area contributed by atoms with E-state index in [4.69, 9.17) is 4.74 Å². The molecule has 3 aromatic carbocycles. The Balaban J connectivity index is 1.50. The summed E-state index contributed by atoms with van der Waals surface area (Å²) in [6, 6.07) is 24.5. The number of rotatable bonds is 10. The molecule has 3 aromatic rings. The lowest BCUT2D eigenvalue weighted by molar-refractivity contribution is -0.116. The minimum absolute atomic E-state index is 0.0393. The molecular weight excluding hydrogens is 402 g/mol. The molecule has 6 nitrogen and oxygen atoms in total. The Bertz CT molecular complexity index is 1040. The van der Waals surface area contributed by atoms with Crippen LogP contribution in [0.2, 0.25) is 0 Å². The van der Waals surface area contributed by atoms with Crippen LogP contribution in [0.25, 0.3) is 0 Å². The van der Waals surface area contributed by atoms with Gasteiger partial charge in [-0.3, -0.25) is 9.59 Å². The summed E-state index contributed by atoms with van der Waals surface area (Å²) in [5.41, 5.74) is 3.14. The van der Waals surface area contributed by atoms with Gasteiger partial charge in [-0.05, 0) is 56.2 Å². The lowest BCUT2D eigenvalue weighted by Crippen LogP contribution is -2.22. The van der Waals surface area contributed by atoms with E-state index in [2.05, 4.69) is 16.0 Å². The summed E-state index contributed by atoms with van der Waals surface area (Å²) in [4.78, 5) is 24.7. The molecule has 0 saturated heterocycles. The quantitative estimate of drug-likeness (QED) is 0.417. The molecule has 0 fully saturated rings. The van der Waals surface area contributed by atoms with Gasteiger partial charge in [0.05, 0.1) is 18.3 Å². The van der Waals surface area contributed by atoms with Crippen LogP contribution in [0, 0.1) is 0 Å². The number of benzene rings is 3. The van der Waals surface area contributed by atoms with E-state index in [0.29, 0.717) is 30.0 Å². The van der Waals surface area contributed by atoms with Crippen LogP contribution in [-0.4, -0.2) is 24.5 Å². The first-order chi connectivity index (χ1) is 15.5. The second-order valence-electron chi connectivity index (χ2n) is 7.68. The van der Waals surface area contributed by atoms with Crippen LogP contribution in [0.15, 0.2) is 78.9 Å². The largest absolute Gasteiger partial charge is 0.489 e. The van der Waals surface area contributed by atoms with Crippen molar-refractivity contribution in [2.75, 3.05) is 22.5 Å². The Morgan fingerprint density at radius 2 is 1.47 bits per heavy atom. The van der Waals surface area contributed by atoms with Gasteiger partial charge in [0.15, 0.2) is 0 Å². The van der Waals surface area contributed by atoms with Crippen molar-refractivity contribution in [3.63, 3.8) is 0 Å². The Hall–Kier alpha value is -3.80. The van der Waals surface area contributed by atoms with Gasteiger partial charge in [-0.1, -0.05) is 48.5 Å². The lowest BCUT2D eigenvalue weighted by atomic mass is 10.1.